The van der Waals surface area contributed by atoms with Crippen molar-refractivity contribution in [2.45, 2.75) is 13.0 Å². The Morgan fingerprint density at radius 1 is 1.57 bits per heavy atom. The quantitative estimate of drug-likeness (QED) is 0.874. The first-order valence-electron chi connectivity index (χ1n) is 3.80. The SMILES string of the molecule is Cc1ccc(Br)c(Cl)c1C(O)C(=O)O. The highest BCUT2D eigenvalue weighted by molar-refractivity contribution is 9.10. The van der Waals surface area contributed by atoms with Gasteiger partial charge >= 0.3 is 5.97 Å². The van der Waals surface area contributed by atoms with E-state index in [2.05, 4.69) is 15.9 Å². The minimum absolute atomic E-state index is 0.230. The van der Waals surface area contributed by atoms with E-state index in [0.717, 1.165) is 0 Å². The zero-order valence-electron chi connectivity index (χ0n) is 7.29. The summed E-state index contributed by atoms with van der Waals surface area (Å²) in [6.07, 6.45) is -1.58. The molecule has 0 radical (unpaired) electrons. The molecule has 0 saturated carbocycles. The number of hydrogen-bond acceptors (Lipinski definition) is 2. The van der Waals surface area contributed by atoms with Gasteiger partial charge in [0.05, 0.1) is 5.02 Å². The number of aryl methyl sites for hydroxylation is 1. The van der Waals surface area contributed by atoms with Gasteiger partial charge in [-0.15, -0.1) is 0 Å². The van der Waals surface area contributed by atoms with Crippen LogP contribution in [0.5, 0.6) is 0 Å². The van der Waals surface area contributed by atoms with Crippen molar-refractivity contribution < 1.29 is 15.0 Å². The van der Waals surface area contributed by atoms with E-state index in [4.69, 9.17) is 16.7 Å². The first-order valence-corrected chi connectivity index (χ1v) is 4.97. The number of aliphatic carboxylic acids is 1. The maximum atomic E-state index is 10.6. The molecule has 76 valence electrons. The molecule has 0 aliphatic heterocycles. The van der Waals surface area contributed by atoms with Gasteiger partial charge in [-0.25, -0.2) is 4.79 Å². The second-order valence-electron chi connectivity index (χ2n) is 2.83. The number of carboxylic acids is 1. The average Bonchev–Trinajstić information content (AvgIpc) is 2.12. The molecule has 5 heteroatoms. The van der Waals surface area contributed by atoms with Gasteiger partial charge < -0.3 is 10.2 Å². The van der Waals surface area contributed by atoms with Crippen molar-refractivity contribution in [3.05, 3.63) is 32.8 Å². The summed E-state index contributed by atoms with van der Waals surface area (Å²) in [5.74, 6) is -1.31. The lowest BCUT2D eigenvalue weighted by atomic mass is 10.0. The highest BCUT2D eigenvalue weighted by atomic mass is 79.9. The van der Waals surface area contributed by atoms with Gasteiger partial charge in [0.1, 0.15) is 0 Å². The predicted molar refractivity (Wildman–Crippen MR) is 56.5 cm³/mol. The number of carboxylic acid groups (broad SMARTS) is 1. The number of hydrogen-bond donors (Lipinski definition) is 2. The largest absolute Gasteiger partial charge is 0.479 e. The molecule has 14 heavy (non-hydrogen) atoms. The van der Waals surface area contributed by atoms with Crippen LogP contribution in [0.3, 0.4) is 0 Å². The zero-order chi connectivity index (χ0) is 10.9. The highest BCUT2D eigenvalue weighted by Crippen LogP contribution is 2.32. The molecule has 1 rings (SSSR count). The van der Waals surface area contributed by atoms with E-state index < -0.39 is 12.1 Å². The highest BCUT2D eigenvalue weighted by Gasteiger charge is 2.22. The summed E-state index contributed by atoms with van der Waals surface area (Å²) in [4.78, 5) is 10.6. The Kier molecular flexibility index (Phi) is 3.53. The zero-order valence-corrected chi connectivity index (χ0v) is 9.63. The van der Waals surface area contributed by atoms with E-state index in [-0.39, 0.29) is 10.6 Å². The topological polar surface area (TPSA) is 57.5 Å². The van der Waals surface area contributed by atoms with E-state index in [1.807, 2.05) is 0 Å². The summed E-state index contributed by atoms with van der Waals surface area (Å²) in [7, 11) is 0. The molecule has 1 aromatic rings. The summed E-state index contributed by atoms with van der Waals surface area (Å²) >= 11 is 9.03. The number of rotatable bonds is 2. The summed E-state index contributed by atoms with van der Waals surface area (Å²) < 4.78 is 0.570. The fourth-order valence-electron chi connectivity index (χ4n) is 1.12. The van der Waals surface area contributed by atoms with Gasteiger partial charge in [0.25, 0.3) is 0 Å². The first-order chi connectivity index (χ1) is 6.45. The van der Waals surface area contributed by atoms with Gasteiger partial charge in [0.2, 0.25) is 0 Å². The molecule has 0 fully saturated rings. The summed E-state index contributed by atoms with van der Waals surface area (Å²) in [6.45, 7) is 1.69. The van der Waals surface area contributed by atoms with Gasteiger partial charge in [-0.2, -0.15) is 0 Å². The molecule has 0 amide bonds. The Labute approximate surface area is 94.4 Å². The van der Waals surface area contributed by atoms with Crippen LogP contribution in [-0.2, 0) is 4.79 Å². The lowest BCUT2D eigenvalue weighted by Gasteiger charge is -2.12. The standard InChI is InChI=1S/C9H8BrClO3/c1-4-2-3-5(10)7(11)6(4)8(12)9(13)14/h2-3,8,12H,1H3,(H,13,14). The number of aliphatic hydroxyl groups excluding tert-OH is 1. The number of halogens is 2. The minimum Gasteiger partial charge on any atom is -0.479 e. The molecule has 0 heterocycles. The van der Waals surface area contributed by atoms with E-state index in [9.17, 15) is 9.90 Å². The number of benzene rings is 1. The normalized spacial score (nSPS) is 12.6. The van der Waals surface area contributed by atoms with Crippen molar-refractivity contribution in [2.24, 2.45) is 0 Å². The number of aliphatic hydroxyl groups is 1. The van der Waals surface area contributed by atoms with Gasteiger partial charge in [-0.1, -0.05) is 17.7 Å². The molecule has 0 bridgehead atoms. The second-order valence-corrected chi connectivity index (χ2v) is 4.07. The smallest absolute Gasteiger partial charge is 0.337 e. The third-order valence-electron chi connectivity index (χ3n) is 1.86. The monoisotopic (exact) mass is 278 g/mol. The second kappa shape index (κ2) is 4.29. The van der Waals surface area contributed by atoms with E-state index in [1.54, 1.807) is 19.1 Å². The Morgan fingerprint density at radius 3 is 2.64 bits per heavy atom. The Bertz CT molecular complexity index is 379. The van der Waals surface area contributed by atoms with Crippen LogP contribution in [0.1, 0.15) is 17.2 Å². The third-order valence-corrected chi connectivity index (χ3v) is 3.15. The molecule has 0 aromatic heterocycles. The van der Waals surface area contributed by atoms with Crippen LogP contribution in [0.25, 0.3) is 0 Å². The molecule has 2 N–H and O–H groups in total. The van der Waals surface area contributed by atoms with E-state index in [1.165, 1.54) is 0 Å². The summed E-state index contributed by atoms with van der Waals surface area (Å²) in [6, 6.07) is 3.40. The lowest BCUT2D eigenvalue weighted by Crippen LogP contribution is -2.12. The lowest BCUT2D eigenvalue weighted by molar-refractivity contribution is -0.147. The Morgan fingerprint density at radius 2 is 2.14 bits per heavy atom. The van der Waals surface area contributed by atoms with Crippen LogP contribution in [0.2, 0.25) is 5.02 Å². The van der Waals surface area contributed by atoms with Crippen molar-refractivity contribution >= 4 is 33.5 Å². The van der Waals surface area contributed by atoms with Crippen molar-refractivity contribution in [3.63, 3.8) is 0 Å². The van der Waals surface area contributed by atoms with Gasteiger partial charge in [-0.3, -0.25) is 0 Å². The number of carbonyl (C=O) groups is 1. The minimum atomic E-state index is -1.58. The molecule has 0 saturated heterocycles. The summed E-state index contributed by atoms with van der Waals surface area (Å²) in [5, 5.41) is 18.3. The fraction of sp³-hybridized carbons (Fsp3) is 0.222. The van der Waals surface area contributed by atoms with Crippen molar-refractivity contribution in [2.75, 3.05) is 0 Å². The maximum Gasteiger partial charge on any atom is 0.337 e. The molecule has 3 nitrogen and oxygen atoms in total. The van der Waals surface area contributed by atoms with Gasteiger partial charge in [0, 0.05) is 10.0 Å². The molecule has 1 aromatic carbocycles. The van der Waals surface area contributed by atoms with Crippen LogP contribution in [-0.4, -0.2) is 16.2 Å². The van der Waals surface area contributed by atoms with E-state index >= 15 is 0 Å². The molecule has 0 spiro atoms. The van der Waals surface area contributed by atoms with E-state index in [0.29, 0.717) is 10.0 Å². The van der Waals surface area contributed by atoms with Crippen LogP contribution < -0.4 is 0 Å². The Balaban J connectivity index is 3.32. The van der Waals surface area contributed by atoms with Crippen molar-refractivity contribution in [1.29, 1.82) is 0 Å². The molecular formula is C9H8BrClO3. The van der Waals surface area contributed by atoms with Gasteiger partial charge in [0.15, 0.2) is 6.10 Å². The van der Waals surface area contributed by atoms with Crippen molar-refractivity contribution in [1.82, 2.24) is 0 Å². The fourth-order valence-corrected chi connectivity index (χ4v) is 1.78. The predicted octanol–water partition coefficient (Wildman–Crippen LogP) is 2.53. The van der Waals surface area contributed by atoms with Crippen molar-refractivity contribution in [3.8, 4) is 0 Å². The molecule has 1 unspecified atom stereocenters. The molecule has 1 atom stereocenters. The molecule has 0 aliphatic rings. The van der Waals surface area contributed by atoms with Crippen LogP contribution in [0.15, 0.2) is 16.6 Å². The molecule has 0 aliphatic carbocycles. The Hall–Kier alpha value is -0.580. The average molecular weight is 280 g/mol. The summed E-state index contributed by atoms with van der Waals surface area (Å²) in [5.41, 5.74) is 0.877. The maximum absolute atomic E-state index is 10.6. The van der Waals surface area contributed by atoms with Gasteiger partial charge in [-0.05, 0) is 34.5 Å². The third kappa shape index (κ3) is 2.08. The van der Waals surface area contributed by atoms with Crippen LogP contribution in [0, 0.1) is 6.92 Å². The molecular weight excluding hydrogens is 271 g/mol. The van der Waals surface area contributed by atoms with Crippen LogP contribution >= 0.6 is 27.5 Å². The van der Waals surface area contributed by atoms with Crippen LogP contribution in [0.4, 0.5) is 0 Å². The first kappa shape index (κ1) is 11.5.